The molecule has 1 atom stereocenters. The average Bonchev–Trinajstić information content (AvgIpc) is 2.78. The van der Waals surface area contributed by atoms with E-state index in [-0.39, 0.29) is 17.3 Å². The quantitative estimate of drug-likeness (QED) is 0.549. The third-order valence-electron chi connectivity index (χ3n) is 5.83. The average molecular weight is 429 g/mol. The fraction of sp³-hybridized carbons (Fsp3) is 0.381. The van der Waals surface area contributed by atoms with Crippen LogP contribution in [0.1, 0.15) is 30.4 Å². The Hall–Kier alpha value is -2.78. The van der Waals surface area contributed by atoms with Crippen LogP contribution in [0.5, 0.6) is 0 Å². The summed E-state index contributed by atoms with van der Waals surface area (Å²) in [4.78, 5) is 25.4. The summed E-state index contributed by atoms with van der Waals surface area (Å²) in [6.07, 6.45) is 2.50. The lowest BCUT2D eigenvalue weighted by molar-refractivity contribution is -0.387. The van der Waals surface area contributed by atoms with Crippen LogP contribution in [0.2, 0.25) is 0 Å². The summed E-state index contributed by atoms with van der Waals surface area (Å²) in [5.74, 6) is -0.230. The minimum absolute atomic E-state index is 0.176. The Morgan fingerprint density at radius 3 is 2.47 bits per heavy atom. The van der Waals surface area contributed by atoms with Crippen molar-refractivity contribution in [1.82, 2.24) is 9.21 Å². The van der Waals surface area contributed by atoms with Crippen LogP contribution < -0.4 is 0 Å². The van der Waals surface area contributed by atoms with Gasteiger partial charge in [-0.1, -0.05) is 42.8 Å². The molecule has 0 radical (unpaired) electrons. The second-order valence-electron chi connectivity index (χ2n) is 7.63. The number of rotatable bonds is 4. The molecule has 4 rings (SSSR count). The second kappa shape index (κ2) is 8.16. The number of fused-ring (bicyclic) bond motifs is 1. The van der Waals surface area contributed by atoms with Crippen LogP contribution in [0.4, 0.5) is 5.69 Å². The smallest absolute Gasteiger partial charge is 0.289 e. The normalized spacial score (nSPS) is 19.9. The fourth-order valence-corrected chi connectivity index (χ4v) is 6.10. The molecule has 0 N–H and O–H groups in total. The molecule has 0 aliphatic carbocycles. The van der Waals surface area contributed by atoms with E-state index in [1.54, 1.807) is 4.90 Å². The summed E-state index contributed by atoms with van der Waals surface area (Å²) in [6, 6.07) is 12.4. The van der Waals surface area contributed by atoms with E-state index in [0.717, 1.165) is 18.4 Å². The standard InChI is InChI=1S/C21H23N3O5S/c25-21(22-14-12-16-7-1-2-8-17(16)15-22)19-10-5-6-13-23(19)30(28,29)20-11-4-3-9-18(20)24(26)27/h1-4,7-9,11,19H,5-6,10,12-15H2/t19-/m0/s1. The molecule has 2 aromatic carbocycles. The van der Waals surface area contributed by atoms with Crippen molar-refractivity contribution < 1.29 is 18.1 Å². The van der Waals surface area contributed by atoms with Crippen LogP contribution in [0.3, 0.4) is 0 Å². The fourth-order valence-electron chi connectivity index (χ4n) is 4.29. The van der Waals surface area contributed by atoms with Gasteiger partial charge in [0, 0.05) is 25.7 Å². The molecular weight excluding hydrogens is 406 g/mol. The molecule has 2 heterocycles. The van der Waals surface area contributed by atoms with Crippen LogP contribution >= 0.6 is 0 Å². The first-order valence-corrected chi connectivity index (χ1v) is 11.4. The molecule has 0 bridgehead atoms. The molecule has 2 aliphatic heterocycles. The van der Waals surface area contributed by atoms with Gasteiger partial charge in [-0.05, 0) is 36.5 Å². The van der Waals surface area contributed by atoms with Crippen LogP contribution in [-0.4, -0.2) is 47.6 Å². The number of para-hydroxylation sites is 1. The molecule has 2 aromatic rings. The predicted octanol–water partition coefficient (Wildman–Crippen LogP) is 2.72. The van der Waals surface area contributed by atoms with E-state index in [2.05, 4.69) is 0 Å². The zero-order valence-electron chi connectivity index (χ0n) is 16.4. The Balaban J connectivity index is 1.64. The first-order valence-electron chi connectivity index (χ1n) is 10.0. The van der Waals surface area contributed by atoms with Crippen molar-refractivity contribution in [2.75, 3.05) is 13.1 Å². The van der Waals surface area contributed by atoms with E-state index < -0.39 is 26.7 Å². The molecule has 8 nitrogen and oxygen atoms in total. The Kier molecular flexibility index (Phi) is 5.57. The molecule has 9 heteroatoms. The van der Waals surface area contributed by atoms with E-state index in [9.17, 15) is 23.3 Å². The molecule has 1 saturated heterocycles. The van der Waals surface area contributed by atoms with E-state index in [0.29, 0.717) is 25.9 Å². The van der Waals surface area contributed by atoms with Gasteiger partial charge in [0.2, 0.25) is 5.91 Å². The van der Waals surface area contributed by atoms with Crippen molar-refractivity contribution >= 4 is 21.6 Å². The van der Waals surface area contributed by atoms with E-state index in [1.165, 1.54) is 34.1 Å². The second-order valence-corrected chi connectivity index (χ2v) is 9.49. The minimum Gasteiger partial charge on any atom is -0.337 e. The van der Waals surface area contributed by atoms with Gasteiger partial charge in [0.25, 0.3) is 15.7 Å². The monoisotopic (exact) mass is 429 g/mol. The molecule has 0 spiro atoms. The van der Waals surface area contributed by atoms with Crippen molar-refractivity contribution in [3.05, 3.63) is 69.8 Å². The number of nitro benzene ring substituents is 1. The maximum absolute atomic E-state index is 13.4. The Bertz CT molecular complexity index is 1090. The largest absolute Gasteiger partial charge is 0.337 e. The highest BCUT2D eigenvalue weighted by molar-refractivity contribution is 7.89. The summed E-state index contributed by atoms with van der Waals surface area (Å²) < 4.78 is 27.9. The molecule has 0 saturated carbocycles. The van der Waals surface area contributed by atoms with Gasteiger partial charge in [-0.2, -0.15) is 4.31 Å². The number of nitrogens with zero attached hydrogens (tertiary/aromatic N) is 3. The summed E-state index contributed by atoms with van der Waals surface area (Å²) in [6.45, 7) is 1.16. The van der Waals surface area contributed by atoms with Crippen molar-refractivity contribution in [2.45, 2.75) is 43.2 Å². The topological polar surface area (TPSA) is 101 Å². The maximum atomic E-state index is 13.4. The SMILES string of the molecule is O=C([C@@H]1CCCCN1S(=O)(=O)c1ccccc1[N+](=O)[O-])N1CCc2ccccc2C1. The van der Waals surface area contributed by atoms with Crippen LogP contribution in [0, 0.1) is 10.1 Å². The van der Waals surface area contributed by atoms with Crippen LogP contribution in [0.15, 0.2) is 53.4 Å². The summed E-state index contributed by atoms with van der Waals surface area (Å²) in [5.41, 5.74) is 1.80. The highest BCUT2D eigenvalue weighted by Gasteiger charge is 2.42. The van der Waals surface area contributed by atoms with Gasteiger partial charge >= 0.3 is 0 Å². The van der Waals surface area contributed by atoms with Gasteiger partial charge in [-0.25, -0.2) is 8.42 Å². The van der Waals surface area contributed by atoms with Gasteiger partial charge in [-0.3, -0.25) is 14.9 Å². The zero-order valence-corrected chi connectivity index (χ0v) is 17.3. The zero-order chi connectivity index (χ0) is 21.3. The number of nitro groups is 1. The maximum Gasteiger partial charge on any atom is 0.289 e. The molecule has 30 heavy (non-hydrogen) atoms. The molecule has 1 amide bonds. The molecular formula is C21H23N3O5S. The van der Waals surface area contributed by atoms with Crippen molar-refractivity contribution in [3.8, 4) is 0 Å². The van der Waals surface area contributed by atoms with Crippen LogP contribution in [0.25, 0.3) is 0 Å². The predicted molar refractivity (Wildman–Crippen MR) is 110 cm³/mol. The number of carbonyl (C=O) groups is 1. The number of carbonyl (C=O) groups excluding carboxylic acids is 1. The van der Waals surface area contributed by atoms with Crippen LogP contribution in [-0.2, 0) is 27.8 Å². The number of amides is 1. The molecule has 158 valence electrons. The van der Waals surface area contributed by atoms with Gasteiger partial charge in [0.15, 0.2) is 4.90 Å². The summed E-state index contributed by atoms with van der Waals surface area (Å²) >= 11 is 0. The van der Waals surface area contributed by atoms with Crippen molar-refractivity contribution in [3.63, 3.8) is 0 Å². The van der Waals surface area contributed by atoms with Gasteiger partial charge in [0.1, 0.15) is 6.04 Å². The Morgan fingerprint density at radius 1 is 1.00 bits per heavy atom. The van der Waals surface area contributed by atoms with Crippen molar-refractivity contribution in [1.29, 1.82) is 0 Å². The lowest BCUT2D eigenvalue weighted by atomic mass is 9.98. The molecule has 0 unspecified atom stereocenters. The first-order chi connectivity index (χ1) is 14.4. The molecule has 1 fully saturated rings. The van der Waals surface area contributed by atoms with E-state index >= 15 is 0 Å². The molecule has 2 aliphatic rings. The summed E-state index contributed by atoms with van der Waals surface area (Å²) in [7, 11) is -4.19. The minimum atomic E-state index is -4.19. The van der Waals surface area contributed by atoms with E-state index in [1.807, 2.05) is 24.3 Å². The number of hydrogen-bond acceptors (Lipinski definition) is 5. The van der Waals surface area contributed by atoms with Gasteiger partial charge in [-0.15, -0.1) is 0 Å². The lowest BCUT2D eigenvalue weighted by Crippen LogP contribution is -2.53. The Labute approximate surface area is 175 Å². The van der Waals surface area contributed by atoms with E-state index in [4.69, 9.17) is 0 Å². The summed E-state index contributed by atoms with van der Waals surface area (Å²) in [5, 5.41) is 11.4. The third-order valence-corrected chi connectivity index (χ3v) is 7.79. The number of sulfonamides is 1. The van der Waals surface area contributed by atoms with Crippen molar-refractivity contribution in [2.24, 2.45) is 0 Å². The van der Waals surface area contributed by atoms with Gasteiger partial charge in [0.05, 0.1) is 4.92 Å². The van der Waals surface area contributed by atoms with Gasteiger partial charge < -0.3 is 4.90 Å². The lowest BCUT2D eigenvalue weighted by Gasteiger charge is -2.38. The first kappa shape index (κ1) is 20.5. The number of hydrogen-bond donors (Lipinski definition) is 0. The molecule has 0 aromatic heterocycles. The number of benzene rings is 2. The third kappa shape index (κ3) is 3.70. The number of piperidine rings is 1. The Morgan fingerprint density at radius 2 is 1.70 bits per heavy atom. The highest BCUT2D eigenvalue weighted by Crippen LogP contribution is 2.32. The highest BCUT2D eigenvalue weighted by atomic mass is 32.2.